The molecule has 29 heavy (non-hydrogen) atoms. The molecule has 0 aromatic heterocycles. The van der Waals surface area contributed by atoms with Gasteiger partial charge in [0.1, 0.15) is 5.60 Å². The molecule has 1 saturated heterocycles. The Balaban J connectivity index is 1.89. The zero-order valence-electron chi connectivity index (χ0n) is 17.4. The van der Waals surface area contributed by atoms with Gasteiger partial charge in [-0.1, -0.05) is 43.2 Å². The number of hydrogen-bond donors (Lipinski definition) is 1. The van der Waals surface area contributed by atoms with Crippen LogP contribution in [-0.4, -0.2) is 34.2 Å². The Morgan fingerprint density at radius 1 is 1.00 bits per heavy atom. The predicted molar refractivity (Wildman–Crippen MR) is 113 cm³/mol. The summed E-state index contributed by atoms with van der Waals surface area (Å²) < 4.78 is 5.67. The third-order valence-electron chi connectivity index (χ3n) is 5.12. The average molecular weight is 395 g/mol. The molecule has 3 rings (SSSR count). The van der Waals surface area contributed by atoms with E-state index in [1.165, 1.54) is 0 Å². The maximum atomic E-state index is 12.9. The second-order valence-corrected chi connectivity index (χ2v) is 8.55. The van der Waals surface area contributed by atoms with Crippen molar-refractivity contribution in [1.82, 2.24) is 4.90 Å². The first kappa shape index (κ1) is 20.9. The van der Waals surface area contributed by atoms with E-state index in [9.17, 15) is 9.59 Å². The molecule has 0 radical (unpaired) electrons. The smallest absolute Gasteiger partial charge is 0.410 e. The molecule has 5 heteroatoms. The lowest BCUT2D eigenvalue weighted by Gasteiger charge is -2.32. The van der Waals surface area contributed by atoms with Crippen LogP contribution in [0.25, 0.3) is 11.1 Å². The summed E-state index contributed by atoms with van der Waals surface area (Å²) in [6, 6.07) is 15.0. The molecule has 1 fully saturated rings. The van der Waals surface area contributed by atoms with Crippen molar-refractivity contribution in [2.45, 2.75) is 58.1 Å². The lowest BCUT2D eigenvalue weighted by Crippen LogP contribution is -2.39. The number of nitrogens with zero attached hydrogens (tertiary/aromatic N) is 1. The lowest BCUT2D eigenvalue weighted by molar-refractivity contribution is 0.0163. The van der Waals surface area contributed by atoms with Gasteiger partial charge in [0.2, 0.25) is 0 Å². The van der Waals surface area contributed by atoms with Crippen LogP contribution in [0.2, 0.25) is 0 Å². The maximum Gasteiger partial charge on any atom is 0.410 e. The van der Waals surface area contributed by atoms with Crippen molar-refractivity contribution >= 4 is 12.1 Å². The summed E-state index contributed by atoms with van der Waals surface area (Å²) in [4.78, 5) is 25.8. The Labute approximate surface area is 172 Å². The zero-order valence-corrected chi connectivity index (χ0v) is 17.4. The molecule has 5 nitrogen and oxygen atoms in total. The monoisotopic (exact) mass is 395 g/mol. The quantitative estimate of drug-likeness (QED) is 0.702. The number of carboxylic acids is 1. The van der Waals surface area contributed by atoms with E-state index < -0.39 is 11.6 Å². The minimum atomic E-state index is -0.934. The van der Waals surface area contributed by atoms with Gasteiger partial charge in [-0.05, 0) is 68.5 Å². The summed E-state index contributed by atoms with van der Waals surface area (Å²) in [5.74, 6) is -0.934. The van der Waals surface area contributed by atoms with Crippen LogP contribution in [-0.2, 0) is 4.74 Å². The van der Waals surface area contributed by atoms with E-state index in [4.69, 9.17) is 9.84 Å². The zero-order chi connectivity index (χ0) is 21.0. The molecule has 0 aliphatic carbocycles. The molecule has 1 unspecified atom stereocenters. The van der Waals surface area contributed by atoms with Crippen LogP contribution in [0.3, 0.4) is 0 Å². The normalized spacial score (nSPS) is 17.5. The molecule has 1 atom stereocenters. The van der Waals surface area contributed by atoms with Gasteiger partial charge in [-0.25, -0.2) is 9.59 Å². The van der Waals surface area contributed by atoms with Crippen molar-refractivity contribution in [3.05, 3.63) is 59.7 Å². The highest BCUT2D eigenvalue weighted by molar-refractivity contribution is 5.88. The second kappa shape index (κ2) is 8.68. The van der Waals surface area contributed by atoms with Gasteiger partial charge >= 0.3 is 12.1 Å². The molecular weight excluding hydrogens is 366 g/mol. The Hall–Kier alpha value is -2.82. The van der Waals surface area contributed by atoms with Gasteiger partial charge in [0, 0.05) is 6.54 Å². The molecule has 2 aromatic rings. The van der Waals surface area contributed by atoms with Crippen molar-refractivity contribution in [1.29, 1.82) is 0 Å². The van der Waals surface area contributed by atoms with E-state index in [2.05, 4.69) is 12.1 Å². The number of benzene rings is 2. The number of rotatable bonds is 3. The molecule has 1 aliphatic heterocycles. The number of likely N-dealkylation sites (tertiary alicyclic amines) is 1. The average Bonchev–Trinajstić information content (AvgIpc) is 2.93. The fourth-order valence-corrected chi connectivity index (χ4v) is 3.72. The first-order valence-corrected chi connectivity index (χ1v) is 10.2. The van der Waals surface area contributed by atoms with Crippen LogP contribution in [0.1, 0.15) is 68.4 Å². The Morgan fingerprint density at radius 3 is 2.38 bits per heavy atom. The van der Waals surface area contributed by atoms with Gasteiger partial charge in [0.25, 0.3) is 0 Å². The van der Waals surface area contributed by atoms with Crippen molar-refractivity contribution in [2.75, 3.05) is 6.54 Å². The second-order valence-electron chi connectivity index (χ2n) is 8.55. The lowest BCUT2D eigenvalue weighted by atomic mass is 9.96. The summed E-state index contributed by atoms with van der Waals surface area (Å²) in [6.45, 7) is 6.36. The highest BCUT2D eigenvalue weighted by Crippen LogP contribution is 2.33. The fraction of sp³-hybridized carbons (Fsp3) is 0.417. The minimum absolute atomic E-state index is 0.0226. The molecule has 0 spiro atoms. The van der Waals surface area contributed by atoms with E-state index in [1.54, 1.807) is 12.1 Å². The Morgan fingerprint density at radius 2 is 1.72 bits per heavy atom. The standard InChI is InChI=1S/C24H29NO4/c1-24(2,3)29-23(28)25-15-6-4-5-10-21(25)20-9-7-8-19(16-20)17-11-13-18(14-12-17)22(26)27/h7-9,11-14,16,21H,4-6,10,15H2,1-3H3,(H,26,27). The number of carbonyl (C=O) groups excluding carboxylic acids is 1. The van der Waals surface area contributed by atoms with E-state index in [-0.39, 0.29) is 17.7 Å². The maximum absolute atomic E-state index is 12.9. The number of aromatic carboxylic acids is 1. The number of hydrogen-bond acceptors (Lipinski definition) is 3. The van der Waals surface area contributed by atoms with Gasteiger partial charge in [0.05, 0.1) is 11.6 Å². The summed E-state index contributed by atoms with van der Waals surface area (Å²) >= 11 is 0. The van der Waals surface area contributed by atoms with E-state index >= 15 is 0 Å². The number of carbonyl (C=O) groups is 2. The number of amides is 1. The predicted octanol–water partition coefficient (Wildman–Crippen LogP) is 5.90. The van der Waals surface area contributed by atoms with Gasteiger partial charge in [-0.15, -0.1) is 0 Å². The topological polar surface area (TPSA) is 66.8 Å². The van der Waals surface area contributed by atoms with Gasteiger partial charge < -0.3 is 14.7 Å². The largest absolute Gasteiger partial charge is 0.478 e. The van der Waals surface area contributed by atoms with Crippen molar-refractivity contribution in [3.63, 3.8) is 0 Å². The number of carboxylic acid groups (broad SMARTS) is 1. The Bertz CT molecular complexity index is 867. The summed E-state index contributed by atoms with van der Waals surface area (Å²) in [6.07, 6.45) is 3.79. The summed E-state index contributed by atoms with van der Waals surface area (Å²) in [7, 11) is 0. The first-order chi connectivity index (χ1) is 13.7. The summed E-state index contributed by atoms with van der Waals surface area (Å²) in [5.41, 5.74) is 2.78. The van der Waals surface area contributed by atoms with Crippen molar-refractivity contribution in [3.8, 4) is 11.1 Å². The van der Waals surface area contributed by atoms with Crippen molar-refractivity contribution < 1.29 is 19.4 Å². The molecule has 1 N–H and O–H groups in total. The molecule has 1 aliphatic rings. The molecule has 1 amide bonds. The van der Waals surface area contributed by atoms with Crippen LogP contribution >= 0.6 is 0 Å². The van der Waals surface area contributed by atoms with Crippen LogP contribution in [0.4, 0.5) is 4.79 Å². The highest BCUT2D eigenvalue weighted by atomic mass is 16.6. The third kappa shape index (κ3) is 5.37. The molecule has 1 heterocycles. The number of ether oxygens (including phenoxy) is 1. The Kier molecular flexibility index (Phi) is 6.26. The third-order valence-corrected chi connectivity index (χ3v) is 5.12. The van der Waals surface area contributed by atoms with Crippen LogP contribution < -0.4 is 0 Å². The minimum Gasteiger partial charge on any atom is -0.478 e. The SMILES string of the molecule is CC(C)(C)OC(=O)N1CCCCCC1c1cccc(-c2ccc(C(=O)O)cc2)c1. The van der Waals surface area contributed by atoms with Gasteiger partial charge in [0.15, 0.2) is 0 Å². The molecule has 154 valence electrons. The van der Waals surface area contributed by atoms with E-state index in [0.717, 1.165) is 42.4 Å². The van der Waals surface area contributed by atoms with Gasteiger partial charge in [-0.2, -0.15) is 0 Å². The van der Waals surface area contributed by atoms with Crippen LogP contribution in [0.5, 0.6) is 0 Å². The van der Waals surface area contributed by atoms with E-state index in [0.29, 0.717) is 6.54 Å². The summed E-state index contributed by atoms with van der Waals surface area (Å²) in [5, 5.41) is 9.10. The van der Waals surface area contributed by atoms with E-state index in [1.807, 2.05) is 49.9 Å². The van der Waals surface area contributed by atoms with Crippen LogP contribution in [0.15, 0.2) is 48.5 Å². The molecule has 0 bridgehead atoms. The molecular formula is C24H29NO4. The van der Waals surface area contributed by atoms with Crippen LogP contribution in [0, 0.1) is 0 Å². The molecule has 2 aromatic carbocycles. The van der Waals surface area contributed by atoms with Gasteiger partial charge in [-0.3, -0.25) is 0 Å². The fourth-order valence-electron chi connectivity index (χ4n) is 3.72. The first-order valence-electron chi connectivity index (χ1n) is 10.2. The van der Waals surface area contributed by atoms with Crippen molar-refractivity contribution in [2.24, 2.45) is 0 Å². The molecule has 0 saturated carbocycles. The highest BCUT2D eigenvalue weighted by Gasteiger charge is 2.30.